The van der Waals surface area contributed by atoms with Gasteiger partial charge in [0.15, 0.2) is 0 Å². The summed E-state index contributed by atoms with van der Waals surface area (Å²) >= 11 is 7.54. The Morgan fingerprint density at radius 3 is 2.70 bits per heavy atom. The summed E-state index contributed by atoms with van der Waals surface area (Å²) in [7, 11) is 0. The van der Waals surface area contributed by atoms with Gasteiger partial charge in [-0.15, -0.1) is 11.8 Å². The van der Waals surface area contributed by atoms with E-state index in [1.807, 2.05) is 78.9 Å². The molecule has 148 valence electrons. The highest BCUT2D eigenvalue weighted by molar-refractivity contribution is 8.00. The van der Waals surface area contributed by atoms with Gasteiger partial charge in [-0.2, -0.15) is 0 Å². The maximum absolute atomic E-state index is 12.6. The quantitative estimate of drug-likeness (QED) is 0.219. The van der Waals surface area contributed by atoms with Gasteiger partial charge in [-0.3, -0.25) is 9.79 Å². The summed E-state index contributed by atoms with van der Waals surface area (Å²) in [5.41, 5.74) is 2.34. The fourth-order valence-electron chi connectivity index (χ4n) is 2.98. The number of anilines is 1. The Morgan fingerprint density at radius 2 is 1.80 bits per heavy atom. The van der Waals surface area contributed by atoms with Crippen LogP contribution in [0.5, 0.6) is 0 Å². The van der Waals surface area contributed by atoms with Crippen LogP contribution in [0.3, 0.4) is 0 Å². The van der Waals surface area contributed by atoms with E-state index in [1.165, 1.54) is 11.8 Å². The summed E-state index contributed by atoms with van der Waals surface area (Å²) in [5, 5.41) is 5.54. The van der Waals surface area contributed by atoms with Crippen LogP contribution >= 0.6 is 23.4 Å². The van der Waals surface area contributed by atoms with Crippen molar-refractivity contribution in [1.82, 2.24) is 4.98 Å². The van der Waals surface area contributed by atoms with E-state index in [1.54, 1.807) is 12.4 Å². The van der Waals surface area contributed by atoms with Gasteiger partial charge in [0.2, 0.25) is 5.91 Å². The van der Waals surface area contributed by atoms with Gasteiger partial charge < -0.3 is 5.32 Å². The zero-order chi connectivity index (χ0) is 20.8. The van der Waals surface area contributed by atoms with Crippen LogP contribution in [0.1, 0.15) is 5.56 Å². The zero-order valence-corrected chi connectivity index (χ0v) is 17.5. The van der Waals surface area contributed by atoms with Gasteiger partial charge in [0.05, 0.1) is 11.4 Å². The van der Waals surface area contributed by atoms with Crippen molar-refractivity contribution in [3.8, 4) is 0 Å². The van der Waals surface area contributed by atoms with Gasteiger partial charge in [-0.05, 0) is 35.7 Å². The number of fused-ring (bicyclic) bond motifs is 1. The van der Waals surface area contributed by atoms with Gasteiger partial charge in [-0.25, -0.2) is 4.98 Å². The fraction of sp³-hybridized carbons (Fsp3) is 0.0417. The third-order valence-corrected chi connectivity index (χ3v) is 5.80. The lowest BCUT2D eigenvalue weighted by Gasteiger charge is -2.09. The van der Waals surface area contributed by atoms with Crippen molar-refractivity contribution < 1.29 is 4.79 Å². The Morgan fingerprint density at radius 1 is 1.00 bits per heavy atom. The van der Waals surface area contributed by atoms with Gasteiger partial charge in [0.1, 0.15) is 5.15 Å². The first kappa shape index (κ1) is 20.1. The molecule has 0 spiro atoms. The number of amides is 1. The van der Waals surface area contributed by atoms with Crippen LogP contribution in [0.25, 0.3) is 10.8 Å². The van der Waals surface area contributed by atoms with Crippen molar-refractivity contribution in [3.05, 3.63) is 95.8 Å². The fourth-order valence-corrected chi connectivity index (χ4v) is 3.95. The van der Waals surface area contributed by atoms with E-state index in [0.717, 1.165) is 32.6 Å². The minimum atomic E-state index is -0.0644. The Balaban J connectivity index is 1.45. The number of carbonyl (C=O) groups excluding carboxylic acids is 1. The van der Waals surface area contributed by atoms with Crippen LogP contribution < -0.4 is 5.32 Å². The molecule has 0 saturated heterocycles. The largest absolute Gasteiger partial charge is 0.325 e. The first-order valence-electron chi connectivity index (χ1n) is 9.35. The number of rotatable bonds is 6. The molecule has 1 N–H and O–H groups in total. The van der Waals surface area contributed by atoms with Gasteiger partial charge >= 0.3 is 0 Å². The van der Waals surface area contributed by atoms with Gasteiger partial charge in [0.25, 0.3) is 0 Å². The Labute approximate surface area is 184 Å². The van der Waals surface area contributed by atoms with Crippen LogP contribution in [0.2, 0.25) is 5.15 Å². The maximum Gasteiger partial charge on any atom is 0.234 e. The smallest absolute Gasteiger partial charge is 0.234 e. The second-order valence-electron chi connectivity index (χ2n) is 6.47. The molecule has 4 rings (SSSR count). The first-order chi connectivity index (χ1) is 14.7. The number of thioether (sulfide) groups is 1. The molecule has 1 aromatic heterocycles. The van der Waals surface area contributed by atoms with E-state index in [4.69, 9.17) is 11.6 Å². The van der Waals surface area contributed by atoms with E-state index >= 15 is 0 Å². The van der Waals surface area contributed by atoms with E-state index in [2.05, 4.69) is 15.3 Å². The second-order valence-corrected chi connectivity index (χ2v) is 7.85. The molecule has 6 heteroatoms. The Hall–Kier alpha value is -3.15. The number of halogens is 1. The lowest BCUT2D eigenvalue weighted by atomic mass is 10.1. The number of benzene rings is 3. The first-order valence-corrected chi connectivity index (χ1v) is 10.7. The molecule has 4 nitrogen and oxygen atoms in total. The van der Waals surface area contributed by atoms with Crippen molar-refractivity contribution in [3.63, 3.8) is 0 Å². The Kier molecular flexibility index (Phi) is 6.42. The van der Waals surface area contributed by atoms with Crippen molar-refractivity contribution >= 4 is 57.6 Å². The van der Waals surface area contributed by atoms with Gasteiger partial charge in [-0.1, -0.05) is 60.1 Å². The molecule has 0 unspecified atom stereocenters. The van der Waals surface area contributed by atoms with E-state index in [-0.39, 0.29) is 11.7 Å². The Bertz CT molecular complexity index is 1220. The van der Waals surface area contributed by atoms with Crippen molar-refractivity contribution in [2.45, 2.75) is 4.90 Å². The molecule has 0 bridgehead atoms. The average molecular weight is 432 g/mol. The molecule has 0 radical (unpaired) electrons. The molecule has 30 heavy (non-hydrogen) atoms. The second kappa shape index (κ2) is 9.57. The number of nitrogens with zero attached hydrogens (tertiary/aromatic N) is 2. The van der Waals surface area contributed by atoms with Crippen LogP contribution in [0.15, 0.2) is 94.9 Å². The normalized spacial score (nSPS) is 11.1. The zero-order valence-electron chi connectivity index (χ0n) is 16.0. The molecule has 3 aromatic carbocycles. The molecule has 0 saturated carbocycles. The molecular weight excluding hydrogens is 414 g/mol. The maximum atomic E-state index is 12.6. The van der Waals surface area contributed by atoms with Crippen LogP contribution in [0, 0.1) is 0 Å². The summed E-state index contributed by atoms with van der Waals surface area (Å²) in [6.45, 7) is 0. The average Bonchev–Trinajstić information content (AvgIpc) is 2.78. The van der Waals surface area contributed by atoms with Crippen molar-refractivity contribution in [1.29, 1.82) is 0 Å². The molecule has 4 aromatic rings. The third kappa shape index (κ3) is 4.87. The van der Waals surface area contributed by atoms with Crippen LogP contribution in [-0.4, -0.2) is 22.9 Å². The van der Waals surface area contributed by atoms with E-state index in [9.17, 15) is 4.79 Å². The molecule has 0 aliphatic heterocycles. The number of hydrogen-bond donors (Lipinski definition) is 1. The SMILES string of the molecule is O=C(CSc1ccccc1N=Cc1cccnc1Cl)Nc1cccc2ccccc12. The van der Waals surface area contributed by atoms with Crippen LogP contribution in [0.4, 0.5) is 11.4 Å². The van der Waals surface area contributed by atoms with Crippen LogP contribution in [-0.2, 0) is 4.79 Å². The molecule has 0 atom stereocenters. The minimum absolute atomic E-state index is 0.0644. The standard InChI is InChI=1S/C24H18ClN3OS/c25-24-18(9-6-14-26-24)15-27-21-11-3-4-13-22(21)30-16-23(29)28-20-12-5-8-17-7-1-2-10-19(17)20/h1-15H,16H2,(H,28,29). The minimum Gasteiger partial charge on any atom is -0.325 e. The summed E-state index contributed by atoms with van der Waals surface area (Å²) in [6.07, 6.45) is 3.32. The highest BCUT2D eigenvalue weighted by Gasteiger charge is 2.08. The number of para-hydroxylation sites is 1. The molecule has 1 heterocycles. The topological polar surface area (TPSA) is 54.4 Å². The molecule has 0 aliphatic rings. The number of nitrogens with one attached hydrogen (secondary N) is 1. The molecule has 0 fully saturated rings. The van der Waals surface area contributed by atoms with Crippen molar-refractivity contribution in [2.75, 3.05) is 11.1 Å². The number of aromatic nitrogens is 1. The number of hydrogen-bond acceptors (Lipinski definition) is 4. The predicted octanol–water partition coefficient (Wildman–Crippen LogP) is 6.37. The summed E-state index contributed by atoms with van der Waals surface area (Å²) in [6, 6.07) is 25.3. The monoisotopic (exact) mass is 431 g/mol. The highest BCUT2D eigenvalue weighted by atomic mass is 35.5. The molecular formula is C24H18ClN3OS. The van der Waals surface area contributed by atoms with Crippen molar-refractivity contribution in [2.24, 2.45) is 4.99 Å². The van der Waals surface area contributed by atoms with E-state index in [0.29, 0.717) is 5.15 Å². The summed E-state index contributed by atoms with van der Waals surface area (Å²) in [4.78, 5) is 22.1. The lowest BCUT2D eigenvalue weighted by molar-refractivity contribution is -0.113. The summed E-state index contributed by atoms with van der Waals surface area (Å²) in [5.74, 6) is 0.217. The third-order valence-electron chi connectivity index (χ3n) is 4.42. The van der Waals surface area contributed by atoms with E-state index < -0.39 is 0 Å². The number of pyridine rings is 1. The summed E-state index contributed by atoms with van der Waals surface area (Å²) < 4.78 is 0. The lowest BCUT2D eigenvalue weighted by Crippen LogP contribution is -2.14. The molecule has 0 aliphatic carbocycles. The van der Waals surface area contributed by atoms with Gasteiger partial charge in [0, 0.05) is 33.9 Å². The number of aliphatic imine (C=N–C) groups is 1. The predicted molar refractivity (Wildman–Crippen MR) is 126 cm³/mol. The number of carbonyl (C=O) groups is 1. The molecule has 1 amide bonds. The highest BCUT2D eigenvalue weighted by Crippen LogP contribution is 2.30.